The minimum Gasteiger partial charge on any atom is -0.396 e. The maximum atomic E-state index is 8.83. The van der Waals surface area contributed by atoms with Crippen LogP contribution in [0.4, 0.5) is 0 Å². The Morgan fingerprint density at radius 2 is 2.22 bits per heavy atom. The van der Waals surface area contributed by atoms with E-state index in [1.54, 1.807) is 0 Å². The van der Waals surface area contributed by atoms with Gasteiger partial charge in [0.25, 0.3) is 0 Å². The number of aliphatic hydroxyl groups excluding tert-OH is 1. The van der Waals surface area contributed by atoms with Crippen LogP contribution in [-0.4, -0.2) is 17.8 Å². The average molecular weight is 129 g/mol. The molecule has 0 aliphatic heterocycles. The van der Waals surface area contributed by atoms with E-state index in [0.29, 0.717) is 11.8 Å². The molecule has 0 aromatic heterocycles. The number of hydrogen-bond acceptors (Lipinski definition) is 2. The first-order chi connectivity index (χ1) is 4.25. The molecule has 0 spiro atoms. The SMILES string of the molecule is C[C@@H]1CC[C@@H](N)[C@H]1CO. The van der Waals surface area contributed by atoms with E-state index in [1.807, 2.05) is 0 Å². The molecule has 0 unspecified atom stereocenters. The normalized spacial score (nSPS) is 43.7. The van der Waals surface area contributed by atoms with Crippen molar-refractivity contribution in [3.8, 4) is 0 Å². The van der Waals surface area contributed by atoms with Crippen molar-refractivity contribution in [2.75, 3.05) is 6.61 Å². The second kappa shape index (κ2) is 2.67. The summed E-state index contributed by atoms with van der Waals surface area (Å²) in [6.07, 6.45) is 2.28. The zero-order valence-corrected chi connectivity index (χ0v) is 5.88. The lowest BCUT2D eigenvalue weighted by molar-refractivity contribution is 0.190. The smallest absolute Gasteiger partial charge is 0.0476 e. The molecule has 0 radical (unpaired) electrons. The van der Waals surface area contributed by atoms with Crippen molar-refractivity contribution in [2.45, 2.75) is 25.8 Å². The molecular weight excluding hydrogens is 114 g/mol. The number of aliphatic hydroxyl groups is 1. The van der Waals surface area contributed by atoms with Crippen molar-refractivity contribution in [1.29, 1.82) is 0 Å². The van der Waals surface area contributed by atoms with Gasteiger partial charge in [0.1, 0.15) is 0 Å². The van der Waals surface area contributed by atoms with Crippen LogP contribution in [0, 0.1) is 11.8 Å². The van der Waals surface area contributed by atoms with Gasteiger partial charge in [-0.3, -0.25) is 0 Å². The monoisotopic (exact) mass is 129 g/mol. The predicted octanol–water partition coefficient (Wildman–Crippen LogP) is 0.352. The van der Waals surface area contributed by atoms with Crippen molar-refractivity contribution in [3.63, 3.8) is 0 Å². The Morgan fingerprint density at radius 3 is 2.44 bits per heavy atom. The van der Waals surface area contributed by atoms with Gasteiger partial charge in [-0.1, -0.05) is 6.92 Å². The van der Waals surface area contributed by atoms with Gasteiger partial charge in [-0.05, 0) is 24.7 Å². The van der Waals surface area contributed by atoms with Crippen LogP contribution < -0.4 is 5.73 Å². The lowest BCUT2D eigenvalue weighted by atomic mass is 9.97. The molecule has 1 fully saturated rings. The summed E-state index contributed by atoms with van der Waals surface area (Å²) in [5.74, 6) is 0.995. The molecule has 0 amide bonds. The minimum atomic E-state index is 0.255. The molecule has 54 valence electrons. The zero-order valence-electron chi connectivity index (χ0n) is 5.88. The summed E-state index contributed by atoms with van der Waals surface area (Å²) >= 11 is 0. The fourth-order valence-corrected chi connectivity index (χ4v) is 1.62. The highest BCUT2D eigenvalue weighted by Crippen LogP contribution is 2.29. The van der Waals surface area contributed by atoms with Gasteiger partial charge < -0.3 is 10.8 Å². The molecule has 0 saturated heterocycles. The quantitative estimate of drug-likeness (QED) is 0.536. The summed E-state index contributed by atoms with van der Waals surface area (Å²) in [6, 6.07) is 0.255. The molecule has 3 N–H and O–H groups in total. The fraction of sp³-hybridized carbons (Fsp3) is 1.00. The molecule has 3 atom stereocenters. The maximum absolute atomic E-state index is 8.83. The number of nitrogens with two attached hydrogens (primary N) is 1. The summed E-state index contributed by atoms with van der Waals surface area (Å²) in [5, 5.41) is 8.83. The first-order valence-corrected chi connectivity index (χ1v) is 3.62. The molecule has 0 bridgehead atoms. The topological polar surface area (TPSA) is 46.2 Å². The van der Waals surface area contributed by atoms with Crippen LogP contribution >= 0.6 is 0 Å². The number of rotatable bonds is 1. The van der Waals surface area contributed by atoms with E-state index < -0.39 is 0 Å². The lowest BCUT2D eigenvalue weighted by Gasteiger charge is -2.15. The Balaban J connectivity index is 2.44. The first kappa shape index (κ1) is 7.03. The fourth-order valence-electron chi connectivity index (χ4n) is 1.62. The maximum Gasteiger partial charge on any atom is 0.0476 e. The van der Waals surface area contributed by atoms with E-state index in [0.717, 1.165) is 6.42 Å². The van der Waals surface area contributed by atoms with Gasteiger partial charge in [0.05, 0.1) is 0 Å². The molecule has 0 heterocycles. The van der Waals surface area contributed by atoms with Crippen LogP contribution in [0.25, 0.3) is 0 Å². The summed E-state index contributed by atoms with van der Waals surface area (Å²) in [4.78, 5) is 0. The van der Waals surface area contributed by atoms with E-state index in [9.17, 15) is 0 Å². The van der Waals surface area contributed by atoms with Gasteiger partial charge in [-0.2, -0.15) is 0 Å². The predicted molar refractivity (Wildman–Crippen MR) is 36.9 cm³/mol. The third kappa shape index (κ3) is 1.25. The van der Waals surface area contributed by atoms with E-state index in [2.05, 4.69) is 6.92 Å². The largest absolute Gasteiger partial charge is 0.396 e. The van der Waals surface area contributed by atoms with Crippen LogP contribution in [0.3, 0.4) is 0 Å². The molecule has 9 heavy (non-hydrogen) atoms. The van der Waals surface area contributed by atoms with Crippen LogP contribution in [0.1, 0.15) is 19.8 Å². The van der Waals surface area contributed by atoms with Crippen LogP contribution in [0.5, 0.6) is 0 Å². The molecule has 1 saturated carbocycles. The van der Waals surface area contributed by atoms with Gasteiger partial charge in [0, 0.05) is 12.6 Å². The Bertz CT molecular complexity index is 84.9. The molecule has 0 aromatic carbocycles. The van der Waals surface area contributed by atoms with Crippen molar-refractivity contribution in [3.05, 3.63) is 0 Å². The average Bonchev–Trinajstić information content (AvgIpc) is 2.12. The molecule has 1 aliphatic carbocycles. The Kier molecular flexibility index (Phi) is 2.09. The molecule has 1 rings (SSSR count). The van der Waals surface area contributed by atoms with Crippen LogP contribution in [0.15, 0.2) is 0 Å². The van der Waals surface area contributed by atoms with Crippen LogP contribution in [-0.2, 0) is 0 Å². The second-order valence-corrected chi connectivity index (χ2v) is 3.06. The summed E-state index contributed by atoms with van der Waals surface area (Å²) in [5.41, 5.74) is 5.72. The van der Waals surface area contributed by atoms with E-state index in [-0.39, 0.29) is 12.6 Å². The molecule has 2 nitrogen and oxygen atoms in total. The summed E-state index contributed by atoms with van der Waals surface area (Å²) in [7, 11) is 0. The van der Waals surface area contributed by atoms with Crippen molar-refractivity contribution >= 4 is 0 Å². The van der Waals surface area contributed by atoms with Gasteiger partial charge in [0.2, 0.25) is 0 Å². The molecular formula is C7H15NO. The Labute approximate surface area is 56.1 Å². The highest BCUT2D eigenvalue weighted by atomic mass is 16.3. The van der Waals surface area contributed by atoms with Gasteiger partial charge >= 0.3 is 0 Å². The first-order valence-electron chi connectivity index (χ1n) is 3.62. The highest BCUT2D eigenvalue weighted by molar-refractivity contribution is 4.84. The van der Waals surface area contributed by atoms with Crippen molar-refractivity contribution in [2.24, 2.45) is 17.6 Å². The standard InChI is InChI=1S/C7H15NO/c1-5-2-3-7(8)6(5)4-9/h5-7,9H,2-4,8H2,1H3/t5-,6+,7-/m1/s1. The summed E-state index contributed by atoms with van der Waals surface area (Å²) in [6.45, 7) is 2.43. The third-order valence-corrected chi connectivity index (χ3v) is 2.45. The van der Waals surface area contributed by atoms with Crippen molar-refractivity contribution in [1.82, 2.24) is 0 Å². The van der Waals surface area contributed by atoms with Gasteiger partial charge in [0.15, 0.2) is 0 Å². The minimum absolute atomic E-state index is 0.255. The Morgan fingerprint density at radius 1 is 1.56 bits per heavy atom. The molecule has 1 aliphatic rings. The zero-order chi connectivity index (χ0) is 6.85. The highest BCUT2D eigenvalue weighted by Gasteiger charge is 2.29. The van der Waals surface area contributed by atoms with Gasteiger partial charge in [-0.15, -0.1) is 0 Å². The molecule has 2 heteroatoms. The molecule has 0 aromatic rings. The van der Waals surface area contributed by atoms with E-state index in [1.165, 1.54) is 6.42 Å². The Hall–Kier alpha value is -0.0800. The summed E-state index contributed by atoms with van der Waals surface area (Å²) < 4.78 is 0. The van der Waals surface area contributed by atoms with Gasteiger partial charge in [-0.25, -0.2) is 0 Å². The van der Waals surface area contributed by atoms with E-state index in [4.69, 9.17) is 10.8 Å². The third-order valence-electron chi connectivity index (χ3n) is 2.45. The second-order valence-electron chi connectivity index (χ2n) is 3.06. The van der Waals surface area contributed by atoms with Crippen LogP contribution in [0.2, 0.25) is 0 Å². The van der Waals surface area contributed by atoms with Crippen molar-refractivity contribution < 1.29 is 5.11 Å². The lowest BCUT2D eigenvalue weighted by Crippen LogP contribution is -2.29. The van der Waals surface area contributed by atoms with E-state index >= 15 is 0 Å². The number of hydrogen-bond donors (Lipinski definition) is 2.